The van der Waals surface area contributed by atoms with E-state index in [1.807, 2.05) is 0 Å². The SMILES string of the molecule is OC(CCC(F)(F)F)Cc1cccc(F)c1Cl. The van der Waals surface area contributed by atoms with Gasteiger partial charge in [0.2, 0.25) is 0 Å². The predicted octanol–water partition coefficient (Wildman–Crippen LogP) is 3.73. The van der Waals surface area contributed by atoms with Gasteiger partial charge in [-0.2, -0.15) is 13.2 Å². The zero-order valence-corrected chi connectivity index (χ0v) is 9.52. The number of hydrogen-bond donors (Lipinski definition) is 1. The predicted molar refractivity (Wildman–Crippen MR) is 56.4 cm³/mol. The highest BCUT2D eigenvalue weighted by Crippen LogP contribution is 2.25. The van der Waals surface area contributed by atoms with Crippen LogP contribution in [0.3, 0.4) is 0 Å². The largest absolute Gasteiger partial charge is 0.393 e. The van der Waals surface area contributed by atoms with Crippen LogP contribution in [0.1, 0.15) is 18.4 Å². The highest BCUT2D eigenvalue weighted by molar-refractivity contribution is 6.31. The molecule has 0 heterocycles. The van der Waals surface area contributed by atoms with Crippen LogP contribution in [-0.4, -0.2) is 17.4 Å². The summed E-state index contributed by atoms with van der Waals surface area (Å²) in [4.78, 5) is 0. The van der Waals surface area contributed by atoms with Crippen molar-refractivity contribution in [3.8, 4) is 0 Å². The molecule has 1 unspecified atom stereocenters. The highest BCUT2D eigenvalue weighted by atomic mass is 35.5. The second-order valence-electron chi connectivity index (χ2n) is 3.72. The van der Waals surface area contributed by atoms with Gasteiger partial charge in [0.1, 0.15) is 5.82 Å². The number of rotatable bonds is 4. The molecule has 96 valence electrons. The first kappa shape index (κ1) is 14.3. The third-order valence-corrected chi connectivity index (χ3v) is 2.67. The molecule has 0 fully saturated rings. The van der Waals surface area contributed by atoms with Crippen LogP contribution in [0.4, 0.5) is 17.6 Å². The molecule has 1 nitrogen and oxygen atoms in total. The Morgan fingerprint density at radius 1 is 1.29 bits per heavy atom. The van der Waals surface area contributed by atoms with Gasteiger partial charge in [-0.05, 0) is 24.5 Å². The van der Waals surface area contributed by atoms with E-state index in [0.29, 0.717) is 5.56 Å². The van der Waals surface area contributed by atoms with Crippen molar-refractivity contribution in [2.45, 2.75) is 31.5 Å². The molecule has 0 spiro atoms. The Kier molecular flexibility index (Phi) is 4.77. The fourth-order valence-electron chi connectivity index (χ4n) is 1.39. The number of hydrogen-bond acceptors (Lipinski definition) is 1. The molecule has 6 heteroatoms. The molecule has 1 aromatic carbocycles. The van der Waals surface area contributed by atoms with Crippen molar-refractivity contribution < 1.29 is 22.7 Å². The average molecular weight is 271 g/mol. The van der Waals surface area contributed by atoms with Gasteiger partial charge in [0.05, 0.1) is 11.1 Å². The summed E-state index contributed by atoms with van der Waals surface area (Å²) in [7, 11) is 0. The Balaban J connectivity index is 2.56. The van der Waals surface area contributed by atoms with E-state index < -0.39 is 30.9 Å². The second kappa shape index (κ2) is 5.69. The maximum Gasteiger partial charge on any atom is 0.389 e. The van der Waals surface area contributed by atoms with E-state index in [9.17, 15) is 22.7 Å². The van der Waals surface area contributed by atoms with Crippen LogP contribution in [0.2, 0.25) is 5.02 Å². The van der Waals surface area contributed by atoms with E-state index in [2.05, 4.69) is 0 Å². The maximum atomic E-state index is 13.0. The van der Waals surface area contributed by atoms with Gasteiger partial charge in [0, 0.05) is 6.42 Å². The van der Waals surface area contributed by atoms with E-state index in [-0.39, 0.29) is 11.4 Å². The average Bonchev–Trinajstić information content (AvgIpc) is 2.21. The van der Waals surface area contributed by atoms with Crippen LogP contribution in [0.5, 0.6) is 0 Å². The minimum Gasteiger partial charge on any atom is -0.393 e. The summed E-state index contributed by atoms with van der Waals surface area (Å²) in [6.45, 7) is 0. The molecule has 0 saturated carbocycles. The lowest BCUT2D eigenvalue weighted by atomic mass is 10.0. The van der Waals surface area contributed by atoms with E-state index in [1.165, 1.54) is 12.1 Å². The number of aliphatic hydroxyl groups is 1. The lowest BCUT2D eigenvalue weighted by Gasteiger charge is -2.13. The number of alkyl halides is 3. The summed E-state index contributed by atoms with van der Waals surface area (Å²) in [5, 5.41) is 9.25. The summed E-state index contributed by atoms with van der Waals surface area (Å²) < 4.78 is 48.7. The fourth-order valence-corrected chi connectivity index (χ4v) is 1.60. The summed E-state index contributed by atoms with van der Waals surface area (Å²) in [6.07, 6.45) is -7.06. The topological polar surface area (TPSA) is 20.2 Å². The van der Waals surface area contributed by atoms with Crippen molar-refractivity contribution in [2.24, 2.45) is 0 Å². The molecule has 1 N–H and O–H groups in total. The first-order valence-corrected chi connectivity index (χ1v) is 5.35. The molecule has 17 heavy (non-hydrogen) atoms. The number of halogens is 5. The molecule has 0 aromatic heterocycles. The Morgan fingerprint density at radius 3 is 2.53 bits per heavy atom. The third kappa shape index (κ3) is 4.91. The Morgan fingerprint density at radius 2 is 1.94 bits per heavy atom. The van der Waals surface area contributed by atoms with Gasteiger partial charge >= 0.3 is 6.18 Å². The van der Waals surface area contributed by atoms with E-state index >= 15 is 0 Å². The van der Waals surface area contributed by atoms with Crippen LogP contribution in [0.25, 0.3) is 0 Å². The molecule has 1 aromatic rings. The zero-order chi connectivity index (χ0) is 13.1. The van der Waals surface area contributed by atoms with Crippen molar-refractivity contribution in [1.82, 2.24) is 0 Å². The Bertz CT molecular complexity index is 378. The monoisotopic (exact) mass is 270 g/mol. The smallest absolute Gasteiger partial charge is 0.389 e. The summed E-state index contributed by atoms with van der Waals surface area (Å²) in [5.41, 5.74) is 0.307. The van der Waals surface area contributed by atoms with Gasteiger partial charge in [-0.1, -0.05) is 23.7 Å². The molecule has 1 rings (SSSR count). The summed E-state index contributed by atoms with van der Waals surface area (Å²) >= 11 is 5.62. The van der Waals surface area contributed by atoms with Crippen LogP contribution in [0, 0.1) is 5.82 Å². The van der Waals surface area contributed by atoms with Crippen LogP contribution in [-0.2, 0) is 6.42 Å². The molecular formula is C11H11ClF4O. The number of benzene rings is 1. The van der Waals surface area contributed by atoms with Gasteiger partial charge in [0.25, 0.3) is 0 Å². The molecular weight excluding hydrogens is 260 g/mol. The molecule has 1 atom stereocenters. The summed E-state index contributed by atoms with van der Waals surface area (Å²) in [6, 6.07) is 4.02. The molecule has 0 amide bonds. The lowest BCUT2D eigenvalue weighted by Crippen LogP contribution is -2.16. The van der Waals surface area contributed by atoms with Gasteiger partial charge in [-0.3, -0.25) is 0 Å². The van der Waals surface area contributed by atoms with E-state index in [4.69, 9.17) is 11.6 Å². The molecule has 0 aliphatic heterocycles. The number of aliphatic hydroxyl groups excluding tert-OH is 1. The van der Waals surface area contributed by atoms with E-state index in [0.717, 1.165) is 6.07 Å². The summed E-state index contributed by atoms with van der Waals surface area (Å²) in [5.74, 6) is -0.646. The molecule has 0 aliphatic rings. The van der Waals surface area contributed by atoms with Gasteiger partial charge in [0.15, 0.2) is 0 Å². The molecule has 0 saturated heterocycles. The van der Waals surface area contributed by atoms with Crippen molar-refractivity contribution >= 4 is 11.6 Å². The third-order valence-electron chi connectivity index (χ3n) is 2.25. The standard InChI is InChI=1S/C11H11ClF4O/c12-10-7(2-1-3-9(10)13)6-8(17)4-5-11(14,15)16/h1-3,8,17H,4-6H2. The molecule has 0 radical (unpaired) electrons. The highest BCUT2D eigenvalue weighted by Gasteiger charge is 2.28. The van der Waals surface area contributed by atoms with Crippen LogP contribution in [0.15, 0.2) is 18.2 Å². The van der Waals surface area contributed by atoms with Gasteiger partial charge in [-0.15, -0.1) is 0 Å². The van der Waals surface area contributed by atoms with Crippen LogP contribution >= 0.6 is 11.6 Å². The molecule has 0 bridgehead atoms. The first-order chi connectivity index (χ1) is 7.79. The quantitative estimate of drug-likeness (QED) is 0.827. The minimum atomic E-state index is -4.30. The van der Waals surface area contributed by atoms with Crippen molar-refractivity contribution in [2.75, 3.05) is 0 Å². The van der Waals surface area contributed by atoms with E-state index in [1.54, 1.807) is 0 Å². The fraction of sp³-hybridized carbons (Fsp3) is 0.455. The second-order valence-corrected chi connectivity index (χ2v) is 4.10. The normalized spacial score (nSPS) is 13.8. The molecule has 0 aliphatic carbocycles. The van der Waals surface area contributed by atoms with Crippen molar-refractivity contribution in [3.05, 3.63) is 34.6 Å². The zero-order valence-electron chi connectivity index (χ0n) is 8.77. The van der Waals surface area contributed by atoms with Gasteiger partial charge in [-0.25, -0.2) is 4.39 Å². The van der Waals surface area contributed by atoms with Gasteiger partial charge < -0.3 is 5.11 Å². The van der Waals surface area contributed by atoms with Crippen LogP contribution < -0.4 is 0 Å². The minimum absolute atomic E-state index is 0.0906. The Hall–Kier alpha value is -0.810. The lowest BCUT2D eigenvalue weighted by molar-refractivity contribution is -0.139. The Labute approximate surface area is 101 Å². The first-order valence-electron chi connectivity index (χ1n) is 4.97. The van der Waals surface area contributed by atoms with Crippen molar-refractivity contribution in [1.29, 1.82) is 0 Å². The van der Waals surface area contributed by atoms with Crippen molar-refractivity contribution in [3.63, 3.8) is 0 Å². The maximum absolute atomic E-state index is 13.0.